The summed E-state index contributed by atoms with van der Waals surface area (Å²) in [5.41, 5.74) is 6.86. The molecule has 2 unspecified atom stereocenters. The van der Waals surface area contributed by atoms with E-state index in [-0.39, 0.29) is 12.0 Å². The van der Waals surface area contributed by atoms with Crippen molar-refractivity contribution in [1.82, 2.24) is 5.32 Å². The Labute approximate surface area is 125 Å². The van der Waals surface area contributed by atoms with Crippen LogP contribution in [0.5, 0.6) is 5.75 Å². The van der Waals surface area contributed by atoms with Crippen LogP contribution in [0.1, 0.15) is 37.0 Å². The van der Waals surface area contributed by atoms with E-state index in [1.165, 1.54) is 0 Å². The molecule has 116 valence electrons. The van der Waals surface area contributed by atoms with Crippen LogP contribution in [0.3, 0.4) is 0 Å². The molecule has 5 heteroatoms. The van der Waals surface area contributed by atoms with Crippen LogP contribution in [0, 0.1) is 5.92 Å². The first kappa shape index (κ1) is 15.6. The van der Waals surface area contributed by atoms with Crippen molar-refractivity contribution in [2.75, 3.05) is 25.5 Å². The molecule has 2 rings (SSSR count). The number of nitrogens with two attached hydrogens (primary N) is 1. The Morgan fingerprint density at radius 2 is 2.29 bits per heavy atom. The molecule has 0 aromatic heterocycles. The van der Waals surface area contributed by atoms with Crippen molar-refractivity contribution in [2.45, 2.75) is 32.8 Å². The summed E-state index contributed by atoms with van der Waals surface area (Å²) >= 11 is 0. The first-order chi connectivity index (χ1) is 10.2. The van der Waals surface area contributed by atoms with E-state index >= 15 is 0 Å². The van der Waals surface area contributed by atoms with E-state index in [0.29, 0.717) is 36.1 Å². The molecule has 1 aliphatic rings. The number of amides is 1. The number of ether oxygens (including phenoxy) is 2. The Kier molecular flexibility index (Phi) is 5.44. The summed E-state index contributed by atoms with van der Waals surface area (Å²) < 4.78 is 11.1. The van der Waals surface area contributed by atoms with Gasteiger partial charge in [0.25, 0.3) is 5.91 Å². The van der Waals surface area contributed by atoms with Gasteiger partial charge in [-0.15, -0.1) is 0 Å². The number of nitrogen functional groups attached to an aromatic ring is 1. The van der Waals surface area contributed by atoms with Crippen molar-refractivity contribution < 1.29 is 14.3 Å². The predicted octanol–water partition coefficient (Wildman–Crippen LogP) is 2.21. The van der Waals surface area contributed by atoms with Gasteiger partial charge in [0.2, 0.25) is 0 Å². The highest BCUT2D eigenvalue weighted by atomic mass is 16.5. The lowest BCUT2D eigenvalue weighted by Gasteiger charge is -2.18. The van der Waals surface area contributed by atoms with Gasteiger partial charge in [-0.05, 0) is 31.9 Å². The van der Waals surface area contributed by atoms with Gasteiger partial charge >= 0.3 is 0 Å². The number of rotatable bonds is 6. The fourth-order valence-corrected chi connectivity index (χ4v) is 2.74. The summed E-state index contributed by atoms with van der Waals surface area (Å²) in [5, 5.41) is 2.98. The second kappa shape index (κ2) is 7.31. The highest BCUT2D eigenvalue weighted by Crippen LogP contribution is 2.27. The number of benzene rings is 1. The fourth-order valence-electron chi connectivity index (χ4n) is 2.74. The minimum atomic E-state index is -0.146. The summed E-state index contributed by atoms with van der Waals surface area (Å²) in [6, 6.07) is 5.24. The minimum Gasteiger partial charge on any atom is -0.491 e. The summed E-state index contributed by atoms with van der Waals surface area (Å²) in [4.78, 5) is 12.4. The van der Waals surface area contributed by atoms with Gasteiger partial charge in [0.05, 0.1) is 24.0 Å². The minimum absolute atomic E-state index is 0.146. The maximum atomic E-state index is 12.4. The Morgan fingerprint density at radius 1 is 1.48 bits per heavy atom. The molecule has 1 fully saturated rings. The molecule has 3 N–H and O–H groups in total. The van der Waals surface area contributed by atoms with Crippen molar-refractivity contribution in [1.29, 1.82) is 0 Å². The Bertz CT molecular complexity index is 490. The van der Waals surface area contributed by atoms with Gasteiger partial charge in [0.15, 0.2) is 5.75 Å². The molecule has 1 heterocycles. The van der Waals surface area contributed by atoms with E-state index in [0.717, 1.165) is 19.4 Å². The first-order valence-electron chi connectivity index (χ1n) is 7.58. The maximum absolute atomic E-state index is 12.4. The third kappa shape index (κ3) is 3.67. The van der Waals surface area contributed by atoms with E-state index in [2.05, 4.69) is 12.2 Å². The molecule has 2 atom stereocenters. The number of carbonyl (C=O) groups excluding carboxylic acids is 1. The van der Waals surface area contributed by atoms with E-state index in [1.807, 2.05) is 6.92 Å². The van der Waals surface area contributed by atoms with Crippen molar-refractivity contribution in [3.05, 3.63) is 23.8 Å². The van der Waals surface area contributed by atoms with E-state index in [4.69, 9.17) is 15.2 Å². The Balaban J connectivity index is 2.02. The second-order valence-electron chi connectivity index (χ2n) is 5.23. The lowest BCUT2D eigenvalue weighted by molar-refractivity contribution is 0.0825. The van der Waals surface area contributed by atoms with Crippen molar-refractivity contribution >= 4 is 11.6 Å². The standard InChI is InChI=1S/C16H24N2O3/c1-3-14-11(8-9-21-14)10-18-16(19)12-6-5-7-13(17)15(12)20-4-2/h5-7,11,14H,3-4,8-10,17H2,1-2H3,(H,18,19). The zero-order valence-corrected chi connectivity index (χ0v) is 12.7. The highest BCUT2D eigenvalue weighted by Gasteiger charge is 2.27. The van der Waals surface area contributed by atoms with Crippen molar-refractivity contribution in [3.63, 3.8) is 0 Å². The van der Waals surface area contributed by atoms with Crippen LogP contribution in [0.15, 0.2) is 18.2 Å². The second-order valence-corrected chi connectivity index (χ2v) is 5.23. The molecule has 21 heavy (non-hydrogen) atoms. The molecule has 0 bridgehead atoms. The van der Waals surface area contributed by atoms with Crippen LogP contribution in [-0.4, -0.2) is 31.8 Å². The molecule has 0 spiro atoms. The monoisotopic (exact) mass is 292 g/mol. The quantitative estimate of drug-likeness (QED) is 0.788. The van der Waals surface area contributed by atoms with Gasteiger partial charge in [-0.2, -0.15) is 0 Å². The van der Waals surface area contributed by atoms with Crippen LogP contribution >= 0.6 is 0 Å². The SMILES string of the molecule is CCOc1c(N)cccc1C(=O)NCC1CCOC1CC. The molecule has 0 aliphatic carbocycles. The van der Waals surface area contributed by atoms with Crippen LogP contribution in [0.25, 0.3) is 0 Å². The normalized spacial score (nSPS) is 21.2. The van der Waals surface area contributed by atoms with Crippen LogP contribution in [-0.2, 0) is 4.74 Å². The molecular weight excluding hydrogens is 268 g/mol. The van der Waals surface area contributed by atoms with Gasteiger partial charge in [-0.25, -0.2) is 0 Å². The van der Waals surface area contributed by atoms with E-state index < -0.39 is 0 Å². The molecular formula is C16H24N2O3. The number of anilines is 1. The summed E-state index contributed by atoms with van der Waals surface area (Å²) in [5.74, 6) is 0.704. The zero-order valence-electron chi connectivity index (χ0n) is 12.7. The number of nitrogens with one attached hydrogen (secondary N) is 1. The number of hydrogen-bond acceptors (Lipinski definition) is 4. The lowest BCUT2D eigenvalue weighted by Crippen LogP contribution is -2.33. The van der Waals surface area contributed by atoms with Crippen molar-refractivity contribution in [3.8, 4) is 5.75 Å². The summed E-state index contributed by atoms with van der Waals surface area (Å²) in [7, 11) is 0. The third-order valence-corrected chi connectivity index (χ3v) is 3.85. The highest BCUT2D eigenvalue weighted by molar-refractivity contribution is 5.98. The van der Waals surface area contributed by atoms with Gasteiger partial charge in [-0.3, -0.25) is 4.79 Å². The summed E-state index contributed by atoms with van der Waals surface area (Å²) in [6.07, 6.45) is 2.22. The molecule has 1 aromatic carbocycles. The third-order valence-electron chi connectivity index (χ3n) is 3.85. The molecule has 0 saturated carbocycles. The van der Waals surface area contributed by atoms with Gasteiger partial charge in [0, 0.05) is 19.1 Å². The molecule has 1 saturated heterocycles. The first-order valence-corrected chi connectivity index (χ1v) is 7.58. The Morgan fingerprint density at radius 3 is 3.00 bits per heavy atom. The molecule has 1 amide bonds. The summed E-state index contributed by atoms with van der Waals surface area (Å²) in [6.45, 7) is 5.85. The lowest BCUT2D eigenvalue weighted by atomic mass is 9.99. The van der Waals surface area contributed by atoms with E-state index in [1.54, 1.807) is 18.2 Å². The van der Waals surface area contributed by atoms with Gasteiger partial charge in [0.1, 0.15) is 0 Å². The Hall–Kier alpha value is -1.75. The van der Waals surface area contributed by atoms with Crippen molar-refractivity contribution in [2.24, 2.45) is 5.92 Å². The maximum Gasteiger partial charge on any atom is 0.255 e. The smallest absolute Gasteiger partial charge is 0.255 e. The number of para-hydroxylation sites is 1. The molecule has 5 nitrogen and oxygen atoms in total. The van der Waals surface area contributed by atoms with Gasteiger partial charge in [-0.1, -0.05) is 13.0 Å². The zero-order chi connectivity index (χ0) is 15.2. The molecule has 1 aromatic rings. The predicted molar refractivity (Wildman–Crippen MR) is 82.5 cm³/mol. The van der Waals surface area contributed by atoms with Crippen LogP contribution in [0.2, 0.25) is 0 Å². The molecule has 1 aliphatic heterocycles. The number of carbonyl (C=O) groups is 1. The largest absolute Gasteiger partial charge is 0.491 e. The van der Waals surface area contributed by atoms with Crippen LogP contribution < -0.4 is 15.8 Å². The number of hydrogen-bond donors (Lipinski definition) is 2. The molecule has 0 radical (unpaired) electrons. The van der Waals surface area contributed by atoms with Gasteiger partial charge < -0.3 is 20.5 Å². The average molecular weight is 292 g/mol. The van der Waals surface area contributed by atoms with Crippen LogP contribution in [0.4, 0.5) is 5.69 Å². The average Bonchev–Trinajstić information content (AvgIpc) is 2.94. The topological polar surface area (TPSA) is 73.6 Å². The fraction of sp³-hybridized carbons (Fsp3) is 0.562. The van der Waals surface area contributed by atoms with E-state index in [9.17, 15) is 4.79 Å².